The van der Waals surface area contributed by atoms with Gasteiger partial charge in [0.15, 0.2) is 0 Å². The summed E-state index contributed by atoms with van der Waals surface area (Å²) in [4.78, 5) is 16.7. The van der Waals surface area contributed by atoms with Crippen molar-refractivity contribution in [3.63, 3.8) is 0 Å². The van der Waals surface area contributed by atoms with Crippen LogP contribution < -0.4 is 10.6 Å². The van der Waals surface area contributed by atoms with E-state index in [9.17, 15) is 4.79 Å². The lowest BCUT2D eigenvalue weighted by atomic mass is 9.94. The predicted molar refractivity (Wildman–Crippen MR) is 90.6 cm³/mol. The second-order valence-electron chi connectivity index (χ2n) is 5.85. The Hall–Kier alpha value is -1.62. The number of nitrogens with two attached hydrogens (primary N) is 1. The Kier molecular flexibility index (Phi) is 5.17. The highest BCUT2D eigenvalue weighted by Crippen LogP contribution is 2.29. The highest BCUT2D eigenvalue weighted by molar-refractivity contribution is 7.80. The number of rotatable bonds is 5. The van der Waals surface area contributed by atoms with Gasteiger partial charge in [0.2, 0.25) is 5.91 Å². The fourth-order valence-electron chi connectivity index (χ4n) is 2.74. The molecule has 0 aromatic heterocycles. The maximum Gasteiger partial charge on any atom is 0.241 e. The quantitative estimate of drug-likeness (QED) is 0.843. The molecule has 5 heteroatoms. The van der Waals surface area contributed by atoms with Gasteiger partial charge in [0.1, 0.15) is 0 Å². The smallest absolute Gasteiger partial charge is 0.241 e. The van der Waals surface area contributed by atoms with Crippen LogP contribution >= 0.6 is 12.2 Å². The topological polar surface area (TPSA) is 49.6 Å². The molecule has 21 heavy (non-hydrogen) atoms. The monoisotopic (exact) mass is 305 g/mol. The lowest BCUT2D eigenvalue weighted by Crippen LogP contribution is -2.43. The fourth-order valence-corrected chi connectivity index (χ4v) is 2.83. The zero-order valence-electron chi connectivity index (χ0n) is 12.7. The number of amides is 1. The molecule has 0 spiro atoms. The van der Waals surface area contributed by atoms with Gasteiger partial charge in [0.05, 0.1) is 11.5 Å². The van der Waals surface area contributed by atoms with Gasteiger partial charge in [-0.1, -0.05) is 37.3 Å². The summed E-state index contributed by atoms with van der Waals surface area (Å²) in [5.74, 6) is 0.671. The van der Waals surface area contributed by atoms with Crippen molar-refractivity contribution in [1.29, 1.82) is 0 Å². The first-order chi connectivity index (χ1) is 9.97. The summed E-state index contributed by atoms with van der Waals surface area (Å²) in [6, 6.07) is 8.34. The zero-order valence-corrected chi connectivity index (χ0v) is 13.5. The number of fused-ring (bicyclic) bond motifs is 1. The molecule has 1 amide bonds. The highest BCUT2D eigenvalue weighted by Gasteiger charge is 2.23. The van der Waals surface area contributed by atoms with E-state index in [1.807, 2.05) is 6.07 Å². The first kappa shape index (κ1) is 15.8. The molecule has 2 N–H and O–H groups in total. The minimum absolute atomic E-state index is 0.107. The summed E-state index contributed by atoms with van der Waals surface area (Å²) in [6.45, 7) is 4.14. The summed E-state index contributed by atoms with van der Waals surface area (Å²) in [6.07, 6.45) is 1.66. The van der Waals surface area contributed by atoms with Crippen LogP contribution in [0.15, 0.2) is 24.3 Å². The van der Waals surface area contributed by atoms with Crippen LogP contribution in [-0.4, -0.2) is 42.5 Å². The molecule has 114 valence electrons. The van der Waals surface area contributed by atoms with Gasteiger partial charge >= 0.3 is 0 Å². The zero-order chi connectivity index (χ0) is 15.4. The van der Waals surface area contributed by atoms with Crippen molar-refractivity contribution in [2.75, 3.05) is 31.6 Å². The van der Waals surface area contributed by atoms with E-state index < -0.39 is 0 Å². The fraction of sp³-hybridized carbons (Fsp3) is 0.500. The van der Waals surface area contributed by atoms with Crippen molar-refractivity contribution in [2.45, 2.75) is 19.8 Å². The van der Waals surface area contributed by atoms with Crippen LogP contribution in [0.5, 0.6) is 0 Å². The standard InChI is InChI=1S/C16H23N3OS/c1-12-9-13-5-3-4-6-14(13)19(10-12)11-16(20)18(2)8-7-15(17)21/h3-6,12H,7-11H2,1-2H3,(H2,17,21). The minimum atomic E-state index is 0.107. The normalized spacial score (nSPS) is 17.2. The molecule has 1 atom stereocenters. The van der Waals surface area contributed by atoms with E-state index in [1.54, 1.807) is 11.9 Å². The molecular weight excluding hydrogens is 282 g/mol. The summed E-state index contributed by atoms with van der Waals surface area (Å²) < 4.78 is 0. The Balaban J connectivity index is 2.02. The molecule has 1 aromatic rings. The Morgan fingerprint density at radius 2 is 2.19 bits per heavy atom. The highest BCUT2D eigenvalue weighted by atomic mass is 32.1. The van der Waals surface area contributed by atoms with Crippen LogP contribution in [0.2, 0.25) is 0 Å². The van der Waals surface area contributed by atoms with Crippen molar-refractivity contribution >= 4 is 28.8 Å². The van der Waals surface area contributed by atoms with Crippen molar-refractivity contribution in [3.8, 4) is 0 Å². The van der Waals surface area contributed by atoms with E-state index in [-0.39, 0.29) is 5.91 Å². The number of hydrogen-bond donors (Lipinski definition) is 1. The first-order valence-electron chi connectivity index (χ1n) is 7.32. The number of hydrogen-bond acceptors (Lipinski definition) is 3. The Morgan fingerprint density at radius 3 is 2.90 bits per heavy atom. The van der Waals surface area contributed by atoms with Gasteiger partial charge < -0.3 is 15.5 Å². The third-order valence-corrected chi connectivity index (χ3v) is 4.08. The largest absolute Gasteiger partial charge is 0.393 e. The third kappa shape index (κ3) is 4.17. The van der Waals surface area contributed by atoms with E-state index in [2.05, 4.69) is 30.0 Å². The molecule has 0 radical (unpaired) electrons. The molecule has 2 rings (SSSR count). The second kappa shape index (κ2) is 6.89. The van der Waals surface area contributed by atoms with E-state index in [0.717, 1.165) is 13.0 Å². The number of carbonyl (C=O) groups excluding carboxylic acids is 1. The molecule has 0 saturated carbocycles. The van der Waals surface area contributed by atoms with E-state index in [4.69, 9.17) is 18.0 Å². The van der Waals surface area contributed by atoms with E-state index in [1.165, 1.54) is 11.3 Å². The van der Waals surface area contributed by atoms with E-state index in [0.29, 0.717) is 30.4 Å². The molecule has 0 aliphatic carbocycles. The number of anilines is 1. The molecule has 0 fully saturated rings. The molecule has 1 unspecified atom stereocenters. The number of thiocarbonyl (C=S) groups is 1. The number of benzene rings is 1. The summed E-state index contributed by atoms with van der Waals surface area (Å²) in [5.41, 5.74) is 8.00. The van der Waals surface area contributed by atoms with Crippen molar-refractivity contribution in [2.24, 2.45) is 11.7 Å². The van der Waals surface area contributed by atoms with Crippen LogP contribution in [-0.2, 0) is 11.2 Å². The molecule has 1 heterocycles. The minimum Gasteiger partial charge on any atom is -0.393 e. The Labute approximate surface area is 131 Å². The molecule has 1 aromatic carbocycles. The van der Waals surface area contributed by atoms with Gasteiger partial charge in [-0.2, -0.15) is 0 Å². The van der Waals surface area contributed by atoms with Gasteiger partial charge in [-0.25, -0.2) is 0 Å². The summed E-state index contributed by atoms with van der Waals surface area (Å²) in [7, 11) is 1.81. The molecule has 0 bridgehead atoms. The van der Waals surface area contributed by atoms with Crippen molar-refractivity contribution in [1.82, 2.24) is 4.90 Å². The van der Waals surface area contributed by atoms with Gasteiger partial charge in [-0.3, -0.25) is 4.79 Å². The summed E-state index contributed by atoms with van der Waals surface area (Å²) in [5, 5.41) is 0. The lowest BCUT2D eigenvalue weighted by molar-refractivity contribution is -0.128. The maximum atomic E-state index is 12.3. The average Bonchev–Trinajstić information content (AvgIpc) is 2.44. The Morgan fingerprint density at radius 1 is 1.48 bits per heavy atom. The van der Waals surface area contributed by atoms with Crippen LogP contribution in [0.4, 0.5) is 5.69 Å². The second-order valence-corrected chi connectivity index (χ2v) is 6.37. The van der Waals surface area contributed by atoms with Crippen molar-refractivity contribution < 1.29 is 4.79 Å². The number of carbonyl (C=O) groups is 1. The molecule has 4 nitrogen and oxygen atoms in total. The molecule has 1 aliphatic heterocycles. The first-order valence-corrected chi connectivity index (χ1v) is 7.73. The number of nitrogens with zero attached hydrogens (tertiary/aromatic N) is 2. The van der Waals surface area contributed by atoms with Gasteiger partial charge in [-0.05, 0) is 24.0 Å². The molecule has 0 saturated heterocycles. The van der Waals surface area contributed by atoms with Crippen LogP contribution in [0.3, 0.4) is 0 Å². The summed E-state index contributed by atoms with van der Waals surface area (Å²) >= 11 is 4.86. The lowest BCUT2D eigenvalue weighted by Gasteiger charge is -2.35. The Bertz CT molecular complexity index is 532. The number of para-hydroxylation sites is 1. The average molecular weight is 305 g/mol. The predicted octanol–water partition coefficient (Wildman–Crippen LogP) is 1.82. The number of likely N-dealkylation sites (N-methyl/N-ethyl adjacent to an activating group) is 1. The molecular formula is C16H23N3OS. The van der Waals surface area contributed by atoms with Crippen LogP contribution in [0.1, 0.15) is 18.9 Å². The van der Waals surface area contributed by atoms with Crippen LogP contribution in [0.25, 0.3) is 0 Å². The third-order valence-electron chi connectivity index (χ3n) is 3.88. The van der Waals surface area contributed by atoms with Gasteiger partial charge in [-0.15, -0.1) is 0 Å². The molecule has 1 aliphatic rings. The van der Waals surface area contributed by atoms with Gasteiger partial charge in [0, 0.05) is 32.2 Å². The van der Waals surface area contributed by atoms with Crippen LogP contribution in [0, 0.1) is 5.92 Å². The van der Waals surface area contributed by atoms with Crippen molar-refractivity contribution in [3.05, 3.63) is 29.8 Å². The van der Waals surface area contributed by atoms with Gasteiger partial charge in [0.25, 0.3) is 0 Å². The SMILES string of the molecule is CC1Cc2ccccc2N(CC(=O)N(C)CCC(N)=S)C1. The van der Waals surface area contributed by atoms with E-state index >= 15 is 0 Å². The maximum absolute atomic E-state index is 12.3.